The number of hydrogen-bond donors (Lipinski definition) is 4. The van der Waals surface area contributed by atoms with Crippen LogP contribution in [0.15, 0.2) is 0 Å². The summed E-state index contributed by atoms with van der Waals surface area (Å²) in [6, 6.07) is 1.78. The number of nitrogens with two attached hydrogens (primary N) is 1. The minimum atomic E-state index is -1.71. The van der Waals surface area contributed by atoms with Crippen molar-refractivity contribution in [2.24, 2.45) is 5.73 Å². The number of nitriles is 1. The lowest BCUT2D eigenvalue weighted by Crippen LogP contribution is -2.58. The molecular formula is C9H15N3O3. The first kappa shape index (κ1) is 11.9. The van der Waals surface area contributed by atoms with Crippen molar-refractivity contribution in [3.8, 4) is 6.07 Å². The molecular weight excluding hydrogens is 198 g/mol. The fourth-order valence-corrected chi connectivity index (χ4v) is 1.62. The molecule has 6 heteroatoms. The van der Waals surface area contributed by atoms with Crippen LogP contribution in [-0.4, -0.2) is 34.0 Å². The Morgan fingerprint density at radius 3 is 2.40 bits per heavy atom. The van der Waals surface area contributed by atoms with Crippen LogP contribution in [0.3, 0.4) is 0 Å². The Bertz CT molecular complexity index is 285. The average Bonchev–Trinajstić information content (AvgIpc) is 2.19. The van der Waals surface area contributed by atoms with Crippen molar-refractivity contribution in [3.63, 3.8) is 0 Å². The zero-order chi connectivity index (χ0) is 11.5. The van der Waals surface area contributed by atoms with Crippen molar-refractivity contribution >= 4 is 5.91 Å². The molecule has 5 N–H and O–H groups in total. The van der Waals surface area contributed by atoms with Gasteiger partial charge in [0.25, 0.3) is 0 Å². The molecule has 0 radical (unpaired) electrons. The van der Waals surface area contributed by atoms with Gasteiger partial charge in [0.15, 0.2) is 5.79 Å². The fraction of sp³-hybridized carbons (Fsp3) is 0.778. The molecule has 1 amide bonds. The van der Waals surface area contributed by atoms with E-state index in [9.17, 15) is 15.0 Å². The first-order chi connectivity index (χ1) is 6.90. The summed E-state index contributed by atoms with van der Waals surface area (Å²) in [5.74, 6) is -2.11. The van der Waals surface area contributed by atoms with Crippen LogP contribution >= 0.6 is 0 Å². The Hall–Kier alpha value is -1.16. The molecule has 1 aliphatic carbocycles. The topological polar surface area (TPSA) is 119 Å². The Labute approximate surface area is 87.7 Å². The lowest BCUT2D eigenvalue weighted by atomic mass is 9.79. The van der Waals surface area contributed by atoms with Gasteiger partial charge >= 0.3 is 0 Å². The first-order valence-corrected chi connectivity index (χ1v) is 4.78. The molecule has 0 aliphatic heterocycles. The number of carbonyl (C=O) groups is 1. The third-order valence-corrected chi connectivity index (χ3v) is 2.72. The van der Waals surface area contributed by atoms with Gasteiger partial charge in [0.2, 0.25) is 5.91 Å². The average molecular weight is 213 g/mol. The van der Waals surface area contributed by atoms with Crippen LogP contribution in [0.1, 0.15) is 25.7 Å². The lowest BCUT2D eigenvalue weighted by molar-refractivity contribution is -0.188. The van der Waals surface area contributed by atoms with E-state index in [0.29, 0.717) is 0 Å². The molecule has 1 fully saturated rings. The van der Waals surface area contributed by atoms with Crippen LogP contribution in [0.25, 0.3) is 0 Å². The molecule has 0 aromatic carbocycles. The van der Waals surface area contributed by atoms with Crippen molar-refractivity contribution in [1.82, 2.24) is 5.32 Å². The number of nitrogens with one attached hydrogen (secondary N) is 1. The van der Waals surface area contributed by atoms with Crippen molar-refractivity contribution in [2.75, 3.05) is 6.54 Å². The van der Waals surface area contributed by atoms with Crippen LogP contribution < -0.4 is 11.1 Å². The standard InChI is InChI=1S/C9H15N3O3/c10-5-6-12-7(13)8(11)1-3-9(14,15)4-2-8/h14-15H,1-4,6,11H2,(H,12,13). The van der Waals surface area contributed by atoms with Crippen LogP contribution in [0.4, 0.5) is 0 Å². The number of hydrogen-bond acceptors (Lipinski definition) is 5. The minimum Gasteiger partial charge on any atom is -0.366 e. The highest BCUT2D eigenvalue weighted by Crippen LogP contribution is 2.31. The SMILES string of the molecule is N#CCNC(=O)C1(N)CCC(O)(O)CC1. The van der Waals surface area contributed by atoms with E-state index >= 15 is 0 Å². The largest absolute Gasteiger partial charge is 0.366 e. The molecule has 0 bridgehead atoms. The van der Waals surface area contributed by atoms with E-state index in [1.54, 1.807) is 6.07 Å². The highest BCUT2D eigenvalue weighted by Gasteiger charge is 2.42. The van der Waals surface area contributed by atoms with Gasteiger partial charge in [0.05, 0.1) is 11.6 Å². The fourth-order valence-electron chi connectivity index (χ4n) is 1.62. The summed E-state index contributed by atoms with van der Waals surface area (Å²) in [6.07, 6.45) is 0.557. The van der Waals surface area contributed by atoms with E-state index in [4.69, 9.17) is 11.0 Å². The maximum atomic E-state index is 11.5. The van der Waals surface area contributed by atoms with Gasteiger partial charge in [-0.25, -0.2) is 0 Å². The van der Waals surface area contributed by atoms with Gasteiger partial charge in [-0.15, -0.1) is 0 Å². The molecule has 0 aromatic rings. The number of amides is 1. The van der Waals surface area contributed by atoms with Crippen molar-refractivity contribution in [1.29, 1.82) is 5.26 Å². The zero-order valence-corrected chi connectivity index (χ0v) is 8.36. The van der Waals surface area contributed by atoms with Crippen molar-refractivity contribution < 1.29 is 15.0 Å². The lowest BCUT2D eigenvalue weighted by Gasteiger charge is -2.37. The highest BCUT2D eigenvalue weighted by molar-refractivity contribution is 5.86. The molecule has 1 saturated carbocycles. The predicted molar refractivity (Wildman–Crippen MR) is 51.2 cm³/mol. The summed E-state index contributed by atoms with van der Waals surface area (Å²) in [4.78, 5) is 11.5. The Balaban J connectivity index is 2.55. The molecule has 0 heterocycles. The monoisotopic (exact) mass is 213 g/mol. The van der Waals surface area contributed by atoms with Crippen LogP contribution in [0, 0.1) is 11.3 Å². The van der Waals surface area contributed by atoms with E-state index < -0.39 is 17.2 Å². The zero-order valence-electron chi connectivity index (χ0n) is 8.36. The van der Waals surface area contributed by atoms with E-state index in [0.717, 1.165) is 0 Å². The quantitative estimate of drug-likeness (QED) is 0.331. The maximum Gasteiger partial charge on any atom is 0.240 e. The van der Waals surface area contributed by atoms with Gasteiger partial charge in [-0.3, -0.25) is 4.79 Å². The molecule has 15 heavy (non-hydrogen) atoms. The van der Waals surface area contributed by atoms with Gasteiger partial charge in [0, 0.05) is 12.8 Å². The van der Waals surface area contributed by atoms with Crippen LogP contribution in [0.5, 0.6) is 0 Å². The summed E-state index contributed by atoms with van der Waals surface area (Å²) in [7, 11) is 0. The van der Waals surface area contributed by atoms with Crippen molar-refractivity contribution in [2.45, 2.75) is 37.0 Å². The van der Waals surface area contributed by atoms with Crippen molar-refractivity contribution in [3.05, 3.63) is 0 Å². The van der Waals surface area contributed by atoms with Gasteiger partial charge in [-0.2, -0.15) is 5.26 Å². The third-order valence-electron chi connectivity index (χ3n) is 2.72. The van der Waals surface area contributed by atoms with Gasteiger partial charge in [-0.05, 0) is 12.8 Å². The summed E-state index contributed by atoms with van der Waals surface area (Å²) in [5, 5.41) is 29.2. The third kappa shape index (κ3) is 2.89. The molecule has 0 aromatic heterocycles. The number of carbonyl (C=O) groups excluding carboxylic acids is 1. The van der Waals surface area contributed by atoms with E-state index in [1.165, 1.54) is 0 Å². The van der Waals surface area contributed by atoms with E-state index in [2.05, 4.69) is 5.32 Å². The van der Waals surface area contributed by atoms with Crippen LogP contribution in [0.2, 0.25) is 0 Å². The first-order valence-electron chi connectivity index (χ1n) is 4.78. The van der Waals surface area contributed by atoms with Gasteiger partial charge in [0.1, 0.15) is 6.54 Å². The second-order valence-electron chi connectivity index (χ2n) is 3.98. The van der Waals surface area contributed by atoms with E-state index in [1.807, 2.05) is 0 Å². The molecule has 0 spiro atoms. The molecule has 84 valence electrons. The van der Waals surface area contributed by atoms with Gasteiger partial charge < -0.3 is 21.3 Å². The Kier molecular flexibility index (Phi) is 3.29. The van der Waals surface area contributed by atoms with E-state index in [-0.39, 0.29) is 32.2 Å². The second kappa shape index (κ2) is 4.14. The number of aliphatic hydroxyl groups is 2. The molecule has 6 nitrogen and oxygen atoms in total. The summed E-state index contributed by atoms with van der Waals surface area (Å²) < 4.78 is 0. The molecule has 0 saturated heterocycles. The molecule has 1 aliphatic rings. The predicted octanol–water partition coefficient (Wildman–Crippen LogP) is -1.42. The normalized spacial score (nSPS) is 22.8. The minimum absolute atomic E-state index is 0.0729. The smallest absolute Gasteiger partial charge is 0.240 e. The highest BCUT2D eigenvalue weighted by atomic mass is 16.5. The van der Waals surface area contributed by atoms with Gasteiger partial charge in [-0.1, -0.05) is 0 Å². The summed E-state index contributed by atoms with van der Waals surface area (Å²) >= 11 is 0. The maximum absolute atomic E-state index is 11.5. The molecule has 0 unspecified atom stereocenters. The van der Waals surface area contributed by atoms with Crippen LogP contribution in [-0.2, 0) is 4.79 Å². The Morgan fingerprint density at radius 2 is 1.93 bits per heavy atom. The molecule has 1 rings (SSSR count). The Morgan fingerprint density at radius 1 is 1.40 bits per heavy atom. The number of nitrogens with zero attached hydrogens (tertiary/aromatic N) is 1. The molecule has 0 atom stereocenters. The second-order valence-corrected chi connectivity index (χ2v) is 3.98. The summed E-state index contributed by atoms with van der Waals surface area (Å²) in [6.45, 7) is -0.0822. The summed E-state index contributed by atoms with van der Waals surface area (Å²) in [5.41, 5.74) is 4.74. The number of rotatable bonds is 2.